The highest BCUT2D eigenvalue weighted by atomic mass is 16.2. The average Bonchev–Trinajstić information content (AvgIpc) is 2.59. The Bertz CT molecular complexity index is 597. The summed E-state index contributed by atoms with van der Waals surface area (Å²) in [5, 5.41) is 7.92. The Hall–Kier alpha value is -2.16. The van der Waals surface area contributed by atoms with E-state index in [1.165, 1.54) is 0 Å². The molecule has 0 bridgehead atoms. The lowest BCUT2D eigenvalue weighted by atomic mass is 9.42. The number of amides is 6. The summed E-state index contributed by atoms with van der Waals surface area (Å²) in [6.45, 7) is 5.41. The van der Waals surface area contributed by atoms with E-state index in [9.17, 15) is 19.2 Å². The van der Waals surface area contributed by atoms with Gasteiger partial charge in [0.05, 0.1) is 22.9 Å². The predicted molar refractivity (Wildman–Crippen MR) is 77.1 cm³/mol. The van der Waals surface area contributed by atoms with Crippen molar-refractivity contribution >= 4 is 23.9 Å². The summed E-state index contributed by atoms with van der Waals surface area (Å²) in [6.07, 6.45) is 0. The molecule has 3 N–H and O–H groups in total. The molecule has 3 aliphatic heterocycles. The molecule has 4 aliphatic rings. The van der Waals surface area contributed by atoms with Crippen LogP contribution in [0.3, 0.4) is 0 Å². The number of fused-ring (bicyclic) bond motifs is 1. The van der Waals surface area contributed by atoms with Crippen LogP contribution in [-0.4, -0.2) is 71.9 Å². The van der Waals surface area contributed by atoms with Crippen molar-refractivity contribution in [2.24, 2.45) is 10.8 Å². The Balaban J connectivity index is 1.88. The summed E-state index contributed by atoms with van der Waals surface area (Å²) in [6, 6.07) is -1.88. The van der Waals surface area contributed by atoms with Crippen molar-refractivity contribution < 1.29 is 19.2 Å². The van der Waals surface area contributed by atoms with Crippen LogP contribution < -0.4 is 16.0 Å². The van der Waals surface area contributed by atoms with E-state index < -0.39 is 46.8 Å². The molecule has 1 aliphatic carbocycles. The first-order valence-corrected chi connectivity index (χ1v) is 7.78. The zero-order valence-electron chi connectivity index (χ0n) is 13.0. The van der Waals surface area contributed by atoms with E-state index in [1.807, 2.05) is 0 Å². The summed E-state index contributed by atoms with van der Waals surface area (Å²) >= 11 is 0. The fraction of sp³-hybridized carbons (Fsp3) is 0.714. The number of carbonyl (C=O) groups excluding carboxylic acids is 4. The van der Waals surface area contributed by atoms with E-state index in [2.05, 4.69) is 16.0 Å². The van der Waals surface area contributed by atoms with Crippen LogP contribution in [0.25, 0.3) is 0 Å². The van der Waals surface area contributed by atoms with Gasteiger partial charge in [0.2, 0.25) is 11.8 Å². The molecule has 9 heteroatoms. The first-order chi connectivity index (χ1) is 10.8. The van der Waals surface area contributed by atoms with Crippen LogP contribution in [0.4, 0.5) is 9.59 Å². The van der Waals surface area contributed by atoms with Gasteiger partial charge in [0.1, 0.15) is 0 Å². The summed E-state index contributed by atoms with van der Waals surface area (Å²) in [5.74, 6) is -0.890. The molecule has 9 nitrogen and oxygen atoms in total. The van der Waals surface area contributed by atoms with Gasteiger partial charge >= 0.3 is 12.1 Å². The van der Waals surface area contributed by atoms with Crippen molar-refractivity contribution in [2.75, 3.05) is 26.2 Å². The van der Waals surface area contributed by atoms with E-state index in [4.69, 9.17) is 0 Å². The normalized spacial score (nSPS) is 42.7. The molecule has 0 spiro atoms. The number of nitrogens with one attached hydrogen (secondary N) is 3. The zero-order chi connectivity index (χ0) is 16.6. The van der Waals surface area contributed by atoms with E-state index in [-0.39, 0.29) is 0 Å². The van der Waals surface area contributed by atoms with E-state index in [1.54, 1.807) is 23.6 Å². The number of imide groups is 2. The lowest BCUT2D eigenvalue weighted by Crippen LogP contribution is -2.91. The number of hydrogen-bond acceptors (Lipinski definition) is 5. The highest BCUT2D eigenvalue weighted by molar-refractivity contribution is 6.10. The van der Waals surface area contributed by atoms with Crippen LogP contribution >= 0.6 is 0 Å². The first kappa shape index (κ1) is 14.4. The van der Waals surface area contributed by atoms with Crippen LogP contribution in [0.5, 0.6) is 0 Å². The number of urea groups is 2. The molecule has 0 aromatic rings. The van der Waals surface area contributed by atoms with E-state index in [0.29, 0.717) is 26.2 Å². The number of rotatable bonds is 0. The maximum atomic E-state index is 12.6. The molecule has 4 fully saturated rings. The highest BCUT2D eigenvalue weighted by Crippen LogP contribution is 2.62. The molecule has 0 aromatic carbocycles. The van der Waals surface area contributed by atoms with Gasteiger partial charge in [-0.15, -0.1) is 0 Å². The third kappa shape index (κ3) is 1.41. The lowest BCUT2D eigenvalue weighted by Gasteiger charge is -2.71. The standard InChI is InChI=1S/C14H19N5O4/c1-13-7-8-14(13,2)10(21)17-12(23)19(8)6-4-15-3-5-18(7)11(22)16-9(13)20/h7-8,15H,3-6H2,1-2H3,(H,16,20,22)(H,17,21,23). The molecule has 1 saturated carbocycles. The van der Waals surface area contributed by atoms with Gasteiger partial charge in [0.25, 0.3) is 0 Å². The summed E-state index contributed by atoms with van der Waals surface area (Å²) in [7, 11) is 0. The maximum Gasteiger partial charge on any atom is 0.324 e. The minimum Gasteiger partial charge on any atom is -0.317 e. The third-order valence-electron chi connectivity index (χ3n) is 6.20. The molecule has 0 aromatic heterocycles. The van der Waals surface area contributed by atoms with E-state index >= 15 is 0 Å². The zero-order valence-corrected chi connectivity index (χ0v) is 13.0. The monoisotopic (exact) mass is 321 g/mol. The van der Waals surface area contributed by atoms with Gasteiger partial charge < -0.3 is 15.1 Å². The Labute approximate surface area is 132 Å². The second-order valence-electron chi connectivity index (χ2n) is 6.95. The Morgan fingerprint density at radius 3 is 1.61 bits per heavy atom. The van der Waals surface area contributed by atoms with Crippen molar-refractivity contribution in [3.05, 3.63) is 0 Å². The highest BCUT2D eigenvalue weighted by Gasteiger charge is 2.80. The second-order valence-corrected chi connectivity index (χ2v) is 6.95. The quantitative estimate of drug-likeness (QED) is 0.501. The van der Waals surface area contributed by atoms with Gasteiger partial charge in [0.15, 0.2) is 0 Å². The van der Waals surface area contributed by atoms with Crippen LogP contribution in [0.1, 0.15) is 13.8 Å². The Morgan fingerprint density at radius 2 is 1.22 bits per heavy atom. The van der Waals surface area contributed by atoms with Crippen molar-refractivity contribution in [1.29, 1.82) is 0 Å². The first-order valence-electron chi connectivity index (χ1n) is 7.78. The Morgan fingerprint density at radius 1 is 0.826 bits per heavy atom. The molecule has 3 saturated heterocycles. The van der Waals surface area contributed by atoms with Crippen LogP contribution in [0.2, 0.25) is 0 Å². The molecule has 6 amide bonds. The number of hydrogen-bond donors (Lipinski definition) is 3. The third-order valence-corrected chi connectivity index (χ3v) is 6.20. The maximum absolute atomic E-state index is 12.6. The van der Waals surface area contributed by atoms with Crippen molar-refractivity contribution in [2.45, 2.75) is 25.9 Å². The molecule has 4 unspecified atom stereocenters. The topological polar surface area (TPSA) is 111 Å². The van der Waals surface area contributed by atoms with Gasteiger partial charge in [-0.2, -0.15) is 0 Å². The fourth-order valence-electron chi connectivity index (χ4n) is 4.71. The average molecular weight is 321 g/mol. The SMILES string of the molecule is CC12C(=O)NC(=O)N3CCNCCN4C(=O)NC(=O)C1(C)C4C32. The minimum atomic E-state index is -1.06. The van der Waals surface area contributed by atoms with Gasteiger partial charge in [-0.1, -0.05) is 0 Å². The van der Waals surface area contributed by atoms with Crippen molar-refractivity contribution in [3.63, 3.8) is 0 Å². The summed E-state index contributed by atoms with van der Waals surface area (Å²) in [5.41, 5.74) is -2.11. The molecule has 3 heterocycles. The number of nitrogens with zero attached hydrogens (tertiary/aromatic N) is 2. The van der Waals surface area contributed by atoms with Crippen molar-refractivity contribution in [3.8, 4) is 0 Å². The van der Waals surface area contributed by atoms with Crippen LogP contribution in [0, 0.1) is 10.8 Å². The molecule has 4 rings (SSSR count). The smallest absolute Gasteiger partial charge is 0.317 e. The van der Waals surface area contributed by atoms with Gasteiger partial charge in [-0.25, -0.2) is 9.59 Å². The fourth-order valence-corrected chi connectivity index (χ4v) is 4.71. The second kappa shape index (κ2) is 4.22. The largest absolute Gasteiger partial charge is 0.324 e. The van der Waals surface area contributed by atoms with Gasteiger partial charge in [-0.3, -0.25) is 20.2 Å². The predicted octanol–water partition coefficient (Wildman–Crippen LogP) is -1.54. The molecule has 4 atom stereocenters. The lowest BCUT2D eigenvalue weighted by molar-refractivity contribution is -0.212. The molecule has 124 valence electrons. The van der Waals surface area contributed by atoms with Gasteiger partial charge in [0, 0.05) is 26.2 Å². The molecular formula is C14H19N5O4. The van der Waals surface area contributed by atoms with E-state index in [0.717, 1.165) is 0 Å². The molecule has 23 heavy (non-hydrogen) atoms. The summed E-state index contributed by atoms with van der Waals surface area (Å²) in [4.78, 5) is 52.9. The van der Waals surface area contributed by atoms with Crippen LogP contribution in [0.15, 0.2) is 0 Å². The van der Waals surface area contributed by atoms with Crippen molar-refractivity contribution in [1.82, 2.24) is 25.8 Å². The van der Waals surface area contributed by atoms with Crippen LogP contribution in [-0.2, 0) is 9.59 Å². The molecular weight excluding hydrogens is 302 g/mol. The summed E-state index contributed by atoms with van der Waals surface area (Å²) < 4.78 is 0. The minimum absolute atomic E-state index is 0.426. The Kier molecular flexibility index (Phi) is 2.65. The number of carbonyl (C=O) groups is 4. The van der Waals surface area contributed by atoms with Gasteiger partial charge in [-0.05, 0) is 13.8 Å². The molecule has 0 radical (unpaired) electrons.